The van der Waals surface area contributed by atoms with E-state index in [1.807, 2.05) is 31.2 Å². The molecule has 4 rings (SSSR count). The molecule has 11 heteroatoms. The highest BCUT2D eigenvalue weighted by Crippen LogP contribution is 2.16. The Morgan fingerprint density at radius 2 is 1.94 bits per heavy atom. The van der Waals surface area contributed by atoms with E-state index < -0.39 is 17.2 Å². The molecule has 0 saturated carbocycles. The van der Waals surface area contributed by atoms with Crippen molar-refractivity contribution in [2.45, 2.75) is 20.0 Å². The predicted octanol–water partition coefficient (Wildman–Crippen LogP) is 1.28. The molecule has 3 heterocycles. The number of carbonyl (C=O) groups excluding carboxylic acids is 1. The Balaban J connectivity index is 1.61. The number of imidazole rings is 1. The van der Waals surface area contributed by atoms with Crippen molar-refractivity contribution in [3.8, 4) is 0 Å². The van der Waals surface area contributed by atoms with E-state index in [0.717, 1.165) is 15.7 Å². The molecule has 0 unspecified atom stereocenters. The molecule has 31 heavy (non-hydrogen) atoms. The second kappa shape index (κ2) is 7.88. The van der Waals surface area contributed by atoms with Crippen LogP contribution in [0.4, 0.5) is 5.82 Å². The van der Waals surface area contributed by atoms with Crippen LogP contribution in [0.3, 0.4) is 0 Å². The third-order valence-electron chi connectivity index (χ3n) is 5.00. The maximum atomic E-state index is 12.7. The number of rotatable bonds is 5. The fourth-order valence-electron chi connectivity index (χ4n) is 3.44. The lowest BCUT2D eigenvalue weighted by Crippen LogP contribution is -2.37. The quantitative estimate of drug-likeness (QED) is 0.469. The summed E-state index contributed by atoms with van der Waals surface area (Å²) < 4.78 is 5.12. The van der Waals surface area contributed by atoms with Crippen molar-refractivity contribution in [2.75, 3.05) is 5.32 Å². The third-order valence-corrected chi connectivity index (χ3v) is 5.29. The van der Waals surface area contributed by atoms with Crippen LogP contribution in [0.15, 0.2) is 46.1 Å². The number of hydrogen-bond donors (Lipinski definition) is 1. The van der Waals surface area contributed by atoms with Crippen LogP contribution in [0.25, 0.3) is 11.2 Å². The number of fused-ring (bicyclic) bond motifs is 1. The molecule has 0 saturated heterocycles. The Morgan fingerprint density at radius 1 is 1.16 bits per heavy atom. The Morgan fingerprint density at radius 3 is 2.68 bits per heavy atom. The van der Waals surface area contributed by atoms with E-state index >= 15 is 0 Å². The van der Waals surface area contributed by atoms with Gasteiger partial charge in [0.05, 0.1) is 12.7 Å². The lowest BCUT2D eigenvalue weighted by atomic mass is 10.1. The van der Waals surface area contributed by atoms with E-state index in [1.165, 1.54) is 23.2 Å². The largest absolute Gasteiger partial charge is 0.332 e. The zero-order valence-electron chi connectivity index (χ0n) is 17.2. The summed E-state index contributed by atoms with van der Waals surface area (Å²) >= 11 is 6.19. The van der Waals surface area contributed by atoms with Crippen molar-refractivity contribution in [3.05, 3.63) is 73.8 Å². The molecule has 0 aliphatic rings. The molecule has 10 nitrogen and oxygen atoms in total. The van der Waals surface area contributed by atoms with Gasteiger partial charge in [0.2, 0.25) is 11.2 Å². The normalized spacial score (nSPS) is 11.2. The summed E-state index contributed by atoms with van der Waals surface area (Å²) in [5, 5.41) is 7.01. The van der Waals surface area contributed by atoms with E-state index in [1.54, 1.807) is 16.9 Å². The van der Waals surface area contributed by atoms with Crippen LogP contribution in [-0.4, -0.2) is 34.4 Å². The first-order chi connectivity index (χ1) is 14.8. The van der Waals surface area contributed by atoms with Crippen molar-refractivity contribution in [1.82, 2.24) is 28.5 Å². The third kappa shape index (κ3) is 3.77. The Hall–Kier alpha value is -3.66. The van der Waals surface area contributed by atoms with Crippen molar-refractivity contribution >= 4 is 34.5 Å². The molecule has 0 fully saturated rings. The van der Waals surface area contributed by atoms with E-state index in [2.05, 4.69) is 15.4 Å². The van der Waals surface area contributed by atoms with Gasteiger partial charge in [-0.05, 0) is 24.1 Å². The molecule has 1 aromatic carbocycles. The Labute approximate surface area is 181 Å². The molecule has 0 radical (unpaired) electrons. The second-order valence-corrected chi connectivity index (χ2v) is 7.59. The van der Waals surface area contributed by atoms with Crippen LogP contribution in [0.2, 0.25) is 5.28 Å². The maximum absolute atomic E-state index is 12.7. The molecule has 0 bridgehead atoms. The number of amides is 1. The molecule has 0 spiro atoms. The molecule has 3 aromatic heterocycles. The minimum Gasteiger partial charge on any atom is -0.309 e. The van der Waals surface area contributed by atoms with Gasteiger partial charge in [0, 0.05) is 20.2 Å². The van der Waals surface area contributed by atoms with Gasteiger partial charge in [-0.15, -0.1) is 0 Å². The van der Waals surface area contributed by atoms with Gasteiger partial charge in [0.1, 0.15) is 12.4 Å². The lowest BCUT2D eigenvalue weighted by molar-refractivity contribution is -0.116. The average Bonchev–Trinajstić information content (AvgIpc) is 3.29. The summed E-state index contributed by atoms with van der Waals surface area (Å²) in [5.41, 5.74) is 1.28. The minimum atomic E-state index is -0.574. The number of nitrogens with one attached hydrogen (secondary N) is 1. The topological polar surface area (TPSA) is 109 Å². The standard InChI is InChI=1S/C20H20ClN7O3/c1-12-5-4-6-13(9-12)10-28-14(7-8-22-28)23-15(29)11-27-16-17(24-19(27)21)25(2)20(31)26(3)18(16)30/h4-9H,10-11H2,1-3H3,(H,23,29). The number of nitrogens with zero attached hydrogens (tertiary/aromatic N) is 6. The van der Waals surface area contributed by atoms with E-state index in [-0.39, 0.29) is 23.0 Å². The fourth-order valence-corrected chi connectivity index (χ4v) is 3.66. The van der Waals surface area contributed by atoms with Gasteiger partial charge in [-0.2, -0.15) is 10.1 Å². The van der Waals surface area contributed by atoms with Gasteiger partial charge >= 0.3 is 5.69 Å². The van der Waals surface area contributed by atoms with E-state index in [4.69, 9.17) is 11.6 Å². The van der Waals surface area contributed by atoms with Crippen LogP contribution in [-0.2, 0) is 32.0 Å². The first-order valence-electron chi connectivity index (χ1n) is 9.45. The first kappa shape index (κ1) is 20.6. The molecular formula is C20H20ClN7O3. The molecular weight excluding hydrogens is 422 g/mol. The highest BCUT2D eigenvalue weighted by Gasteiger charge is 2.20. The highest BCUT2D eigenvalue weighted by atomic mass is 35.5. The zero-order chi connectivity index (χ0) is 22.3. The van der Waals surface area contributed by atoms with Crippen molar-refractivity contribution < 1.29 is 4.79 Å². The molecule has 0 aliphatic heterocycles. The van der Waals surface area contributed by atoms with Crippen LogP contribution < -0.4 is 16.6 Å². The molecule has 1 N–H and O–H groups in total. The SMILES string of the molecule is Cc1cccc(Cn2nccc2NC(=O)Cn2c(Cl)nc3c2c(=O)n(C)c(=O)n3C)c1. The maximum Gasteiger partial charge on any atom is 0.332 e. The molecule has 0 aliphatic carbocycles. The lowest BCUT2D eigenvalue weighted by Gasteiger charge is -2.11. The summed E-state index contributed by atoms with van der Waals surface area (Å²) in [5.74, 6) is 0.0930. The van der Waals surface area contributed by atoms with Crippen molar-refractivity contribution in [1.29, 1.82) is 0 Å². The number of aryl methyl sites for hydroxylation is 2. The van der Waals surface area contributed by atoms with Crippen molar-refractivity contribution in [2.24, 2.45) is 14.1 Å². The minimum absolute atomic E-state index is 0.0586. The molecule has 1 amide bonds. The Bertz CT molecular complexity index is 1430. The fraction of sp³-hybridized carbons (Fsp3) is 0.250. The second-order valence-electron chi connectivity index (χ2n) is 7.26. The van der Waals surface area contributed by atoms with Gasteiger partial charge in [0.15, 0.2) is 11.2 Å². The van der Waals surface area contributed by atoms with Gasteiger partial charge < -0.3 is 5.32 Å². The number of halogens is 1. The summed E-state index contributed by atoms with van der Waals surface area (Å²) in [6, 6.07) is 9.69. The van der Waals surface area contributed by atoms with Gasteiger partial charge in [-0.1, -0.05) is 29.8 Å². The van der Waals surface area contributed by atoms with Gasteiger partial charge in [0.25, 0.3) is 5.56 Å². The van der Waals surface area contributed by atoms with Crippen molar-refractivity contribution in [3.63, 3.8) is 0 Å². The van der Waals surface area contributed by atoms with Crippen LogP contribution in [0.1, 0.15) is 11.1 Å². The van der Waals surface area contributed by atoms with Crippen LogP contribution in [0, 0.1) is 6.92 Å². The molecule has 0 atom stereocenters. The summed E-state index contributed by atoms with van der Waals surface area (Å²) in [7, 11) is 2.85. The van der Waals surface area contributed by atoms with Crippen LogP contribution >= 0.6 is 11.6 Å². The number of aromatic nitrogens is 6. The Kier molecular flexibility index (Phi) is 5.24. The van der Waals surface area contributed by atoms with Gasteiger partial charge in [-0.3, -0.25) is 23.3 Å². The highest BCUT2D eigenvalue weighted by molar-refractivity contribution is 6.29. The van der Waals surface area contributed by atoms with Gasteiger partial charge in [-0.25, -0.2) is 9.48 Å². The van der Waals surface area contributed by atoms with E-state index in [9.17, 15) is 14.4 Å². The average molecular weight is 442 g/mol. The summed E-state index contributed by atoms with van der Waals surface area (Å²) in [6.07, 6.45) is 1.59. The number of carbonyl (C=O) groups is 1. The summed E-state index contributed by atoms with van der Waals surface area (Å²) in [6.45, 7) is 2.24. The number of anilines is 1. The predicted molar refractivity (Wildman–Crippen MR) is 116 cm³/mol. The van der Waals surface area contributed by atoms with Crippen LogP contribution in [0.5, 0.6) is 0 Å². The smallest absolute Gasteiger partial charge is 0.309 e. The zero-order valence-corrected chi connectivity index (χ0v) is 17.9. The molecule has 160 valence electrons. The first-order valence-corrected chi connectivity index (χ1v) is 9.83. The van der Waals surface area contributed by atoms with E-state index in [0.29, 0.717) is 12.4 Å². The monoisotopic (exact) mass is 441 g/mol. The summed E-state index contributed by atoms with van der Waals surface area (Å²) in [4.78, 5) is 41.5. The number of hydrogen-bond acceptors (Lipinski definition) is 5. The number of benzene rings is 1. The molecule has 4 aromatic rings.